The Hall–Kier alpha value is -2.52. The first-order chi connectivity index (χ1) is 20.0. The van der Waals surface area contributed by atoms with Crippen LogP contribution in [-0.2, 0) is 9.59 Å². The van der Waals surface area contributed by atoms with E-state index in [-0.39, 0.29) is 44.1 Å². The zero-order valence-corrected chi connectivity index (χ0v) is 32.5. The van der Waals surface area contributed by atoms with Gasteiger partial charge in [0.1, 0.15) is 0 Å². The molecule has 0 amide bonds. The molecule has 2 aliphatic carbocycles. The largest absolute Gasteiger partial charge is 0.289 e. The first kappa shape index (κ1) is 36.9. The van der Waals surface area contributed by atoms with Crippen molar-refractivity contribution in [3.8, 4) is 0 Å². The van der Waals surface area contributed by atoms with E-state index in [1.54, 1.807) is 0 Å². The molecule has 3 rings (SSSR count). The van der Waals surface area contributed by atoms with E-state index in [1.807, 2.05) is 11.3 Å². The molecule has 1 aromatic heterocycles. The fourth-order valence-electron chi connectivity index (χ4n) is 6.27. The molecule has 0 atom stereocenters. The maximum atomic E-state index is 13.8. The van der Waals surface area contributed by atoms with Gasteiger partial charge < -0.3 is 0 Å². The highest BCUT2D eigenvalue weighted by atomic mass is 32.1. The molecule has 1 aromatic rings. The van der Waals surface area contributed by atoms with Crippen LogP contribution in [0.15, 0.2) is 69.9 Å². The number of hydrogen-bond donors (Lipinski definition) is 0. The molecule has 0 radical (unpaired) electrons. The monoisotopic (exact) mass is 628 g/mol. The van der Waals surface area contributed by atoms with E-state index in [9.17, 15) is 9.59 Å². The lowest BCUT2D eigenvalue weighted by molar-refractivity contribution is -0.114. The molecule has 45 heavy (non-hydrogen) atoms. The van der Waals surface area contributed by atoms with Gasteiger partial charge in [0, 0.05) is 32.0 Å². The van der Waals surface area contributed by atoms with E-state index in [0.29, 0.717) is 0 Å². The third-order valence-electron chi connectivity index (χ3n) is 8.59. The summed E-state index contributed by atoms with van der Waals surface area (Å²) in [5.74, 6) is 0.321. The Labute approximate surface area is 279 Å². The normalized spacial score (nSPS) is 17.6. The van der Waals surface area contributed by atoms with Crippen molar-refractivity contribution < 1.29 is 9.59 Å². The molecule has 0 fully saturated rings. The minimum absolute atomic E-state index is 0.161. The summed E-state index contributed by atoms with van der Waals surface area (Å²) in [5, 5.41) is 0. The minimum Gasteiger partial charge on any atom is -0.289 e. The van der Waals surface area contributed by atoms with Crippen LogP contribution in [0.25, 0.3) is 11.1 Å². The van der Waals surface area contributed by atoms with Gasteiger partial charge >= 0.3 is 0 Å². The van der Waals surface area contributed by atoms with Crippen LogP contribution < -0.4 is 0 Å². The predicted octanol–water partition coefficient (Wildman–Crippen LogP) is 12.4. The van der Waals surface area contributed by atoms with E-state index < -0.39 is 0 Å². The van der Waals surface area contributed by atoms with Crippen LogP contribution in [0.2, 0.25) is 0 Å². The van der Waals surface area contributed by atoms with Crippen molar-refractivity contribution in [2.75, 3.05) is 0 Å². The third-order valence-corrected chi connectivity index (χ3v) is 9.71. The second-order valence-corrected chi connectivity index (χ2v) is 20.3. The number of carbonyl (C=O) groups is 2. The molecule has 0 spiro atoms. The number of allylic oxidation sites excluding steroid dienone is 12. The molecule has 0 N–H and O–H groups in total. The van der Waals surface area contributed by atoms with Crippen LogP contribution in [0.1, 0.15) is 134 Å². The fourth-order valence-corrected chi connectivity index (χ4v) is 7.83. The summed E-state index contributed by atoms with van der Waals surface area (Å²) >= 11 is 1.82. The average Bonchev–Trinajstić information content (AvgIpc) is 3.24. The Morgan fingerprint density at radius 2 is 0.644 bits per heavy atom. The zero-order chi connectivity index (χ0) is 34.9. The van der Waals surface area contributed by atoms with Crippen LogP contribution in [0.3, 0.4) is 0 Å². The van der Waals surface area contributed by atoms with Gasteiger partial charge in [-0.15, -0.1) is 11.3 Å². The summed E-state index contributed by atoms with van der Waals surface area (Å²) in [6.07, 6.45) is 8.63. The summed E-state index contributed by atoms with van der Waals surface area (Å²) in [6, 6.07) is 4.53. The van der Waals surface area contributed by atoms with Gasteiger partial charge in [-0.1, -0.05) is 125 Å². The third kappa shape index (κ3) is 7.90. The van der Waals surface area contributed by atoms with Crippen molar-refractivity contribution in [2.24, 2.45) is 32.5 Å². The summed E-state index contributed by atoms with van der Waals surface area (Å²) < 4.78 is 0. The Morgan fingerprint density at radius 3 is 0.822 bits per heavy atom. The summed E-state index contributed by atoms with van der Waals surface area (Å²) in [4.78, 5) is 30.0. The second kappa shape index (κ2) is 11.6. The highest BCUT2D eigenvalue weighted by Crippen LogP contribution is 2.50. The van der Waals surface area contributed by atoms with Crippen molar-refractivity contribution in [1.29, 1.82) is 0 Å². The average molecular weight is 629 g/mol. The molecule has 0 saturated carbocycles. The maximum absolute atomic E-state index is 13.8. The summed E-state index contributed by atoms with van der Waals surface area (Å²) in [5.41, 5.74) is 6.82. The van der Waals surface area contributed by atoms with Crippen LogP contribution >= 0.6 is 11.3 Å². The standard InChI is InChI=1S/C42H60O2S/c1-37(2,3)27-21-25(22-28(35(27)43)38(4,5)6)33(41(13,14)15)31-19-20-32(45-31)34(42(16,17)18)26-23-29(39(7,8)9)36(44)30(24-26)40(10,11)12/h19-24H,1-18H3. The number of carbonyl (C=O) groups excluding carboxylic acids is 2. The van der Waals surface area contributed by atoms with E-state index in [4.69, 9.17) is 0 Å². The van der Waals surface area contributed by atoms with Crippen molar-refractivity contribution in [3.63, 3.8) is 0 Å². The predicted molar refractivity (Wildman–Crippen MR) is 197 cm³/mol. The second-order valence-electron chi connectivity index (χ2n) is 19.2. The van der Waals surface area contributed by atoms with Gasteiger partial charge in [0.05, 0.1) is 0 Å². The summed E-state index contributed by atoms with van der Waals surface area (Å²) in [7, 11) is 0. The minimum atomic E-state index is -0.271. The molecule has 0 aromatic carbocycles. The van der Waals surface area contributed by atoms with Gasteiger partial charge in [-0.25, -0.2) is 0 Å². The first-order valence-corrected chi connectivity index (χ1v) is 17.4. The molecular weight excluding hydrogens is 569 g/mol. The number of ketones is 2. The van der Waals surface area contributed by atoms with Crippen molar-refractivity contribution in [1.82, 2.24) is 0 Å². The van der Waals surface area contributed by atoms with Gasteiger partial charge in [-0.2, -0.15) is 0 Å². The van der Waals surface area contributed by atoms with Crippen molar-refractivity contribution in [2.45, 2.75) is 125 Å². The van der Waals surface area contributed by atoms with Gasteiger partial charge in [0.25, 0.3) is 0 Å². The fraction of sp³-hybridized carbons (Fsp3) is 0.571. The Morgan fingerprint density at radius 1 is 0.422 bits per heavy atom. The molecule has 0 bridgehead atoms. The zero-order valence-electron chi connectivity index (χ0n) is 31.7. The van der Waals surface area contributed by atoms with Gasteiger partial charge in [-0.3, -0.25) is 9.59 Å². The SMILES string of the molecule is CC(C)(C)C1=CC(=C(c2ccc(C(=C3C=C(C(C)(C)C)C(=O)C(C(C)(C)C)=C3)C(C)(C)C)s2)C(C)(C)C)C=C(C(C)(C)C)C1=O. The van der Waals surface area contributed by atoms with E-state index >= 15 is 0 Å². The smallest absolute Gasteiger partial charge is 0.186 e. The first-order valence-electron chi connectivity index (χ1n) is 16.5. The number of thiophene rings is 1. The van der Waals surface area contributed by atoms with E-state index in [1.165, 1.54) is 20.9 Å². The molecule has 0 aliphatic heterocycles. The summed E-state index contributed by atoms with van der Waals surface area (Å²) in [6.45, 7) is 39.2. The lowest BCUT2D eigenvalue weighted by Crippen LogP contribution is -2.28. The molecule has 2 nitrogen and oxygen atoms in total. The lowest BCUT2D eigenvalue weighted by atomic mass is 9.70. The van der Waals surface area contributed by atoms with Crippen LogP contribution in [-0.4, -0.2) is 11.6 Å². The molecule has 0 unspecified atom stereocenters. The Bertz CT molecular complexity index is 1390. The quantitative estimate of drug-likeness (QED) is 0.326. The van der Waals surface area contributed by atoms with Gasteiger partial charge in [-0.05, 0) is 91.2 Å². The van der Waals surface area contributed by atoms with E-state index in [0.717, 1.165) is 33.4 Å². The van der Waals surface area contributed by atoms with E-state index in [2.05, 4.69) is 161 Å². The maximum Gasteiger partial charge on any atom is 0.186 e. The molecule has 2 aliphatic rings. The van der Waals surface area contributed by atoms with Crippen molar-refractivity contribution >= 4 is 34.0 Å². The lowest BCUT2D eigenvalue weighted by Gasteiger charge is -2.34. The highest BCUT2D eigenvalue weighted by molar-refractivity contribution is 7.14. The van der Waals surface area contributed by atoms with Gasteiger partial charge in [0.2, 0.25) is 0 Å². The van der Waals surface area contributed by atoms with Crippen LogP contribution in [0.4, 0.5) is 0 Å². The number of Topliss-reactive ketones (excluding diaryl/α,β-unsaturated/α-hetero) is 2. The highest BCUT2D eigenvalue weighted by Gasteiger charge is 2.38. The van der Waals surface area contributed by atoms with Crippen molar-refractivity contribution in [3.05, 3.63) is 79.6 Å². The topological polar surface area (TPSA) is 34.1 Å². The Balaban J connectivity index is 2.44. The van der Waals surface area contributed by atoms with Gasteiger partial charge in [0.15, 0.2) is 11.6 Å². The van der Waals surface area contributed by atoms with Crippen LogP contribution in [0.5, 0.6) is 0 Å². The Kier molecular flexibility index (Phi) is 9.54. The number of hydrogen-bond acceptors (Lipinski definition) is 3. The van der Waals surface area contributed by atoms with Crippen LogP contribution in [0, 0.1) is 32.5 Å². The molecule has 0 saturated heterocycles. The number of rotatable bonds is 2. The molecule has 3 heteroatoms. The molecular formula is C42H60O2S. The molecule has 246 valence electrons. The molecule has 1 heterocycles.